The van der Waals surface area contributed by atoms with Crippen molar-refractivity contribution >= 4 is 11.6 Å². The van der Waals surface area contributed by atoms with Gasteiger partial charge in [0.15, 0.2) is 5.69 Å². The van der Waals surface area contributed by atoms with Crippen LogP contribution >= 0.6 is 0 Å². The molecule has 232 valence electrons. The van der Waals surface area contributed by atoms with E-state index in [1.165, 1.54) is 37.1 Å². The van der Waals surface area contributed by atoms with Gasteiger partial charge >= 0.3 is 6.18 Å². The normalized spacial score (nSPS) is 13.5. The van der Waals surface area contributed by atoms with Gasteiger partial charge in [-0.1, -0.05) is 60.7 Å². The standard InChI is InChI=1S/C36H30F3N5O2/c37-36(38,39)33-20-32(44(43-33)30-13-4-9-26(17-30)21-40)35(45)42-29-12-5-10-27(18-29)34(41-22-24-15-16-24)28-11-6-14-31(19-28)46-23-25-7-2-1-3-8-25/h1-14,17-20,24,34,41H,15-16,22-23H2,(H,42,45). The van der Waals surface area contributed by atoms with Gasteiger partial charge in [0, 0.05) is 11.8 Å². The number of nitrogens with one attached hydrogen (secondary N) is 2. The minimum Gasteiger partial charge on any atom is -0.489 e. The summed E-state index contributed by atoms with van der Waals surface area (Å²) in [6.45, 7) is 1.25. The lowest BCUT2D eigenvalue weighted by Gasteiger charge is -2.21. The van der Waals surface area contributed by atoms with Crippen molar-refractivity contribution in [3.05, 3.63) is 143 Å². The first-order valence-electron chi connectivity index (χ1n) is 14.9. The molecule has 1 amide bonds. The van der Waals surface area contributed by atoms with Crippen LogP contribution in [-0.4, -0.2) is 22.2 Å². The molecule has 0 bridgehead atoms. The van der Waals surface area contributed by atoms with E-state index >= 15 is 0 Å². The van der Waals surface area contributed by atoms with E-state index in [0.717, 1.165) is 33.7 Å². The maximum Gasteiger partial charge on any atom is 0.435 e. The smallest absolute Gasteiger partial charge is 0.435 e. The molecule has 0 saturated heterocycles. The number of carbonyl (C=O) groups is 1. The second-order valence-electron chi connectivity index (χ2n) is 11.2. The van der Waals surface area contributed by atoms with Crippen LogP contribution in [-0.2, 0) is 12.8 Å². The second-order valence-corrected chi connectivity index (χ2v) is 11.2. The fraction of sp³-hybridized carbons (Fsp3) is 0.194. The number of hydrogen-bond donors (Lipinski definition) is 2. The SMILES string of the molecule is N#Cc1cccc(-n2nc(C(F)(F)F)cc2C(=O)Nc2cccc(C(NCC3CC3)c3cccc(OCc4ccccc4)c3)c2)c1. The third-order valence-electron chi connectivity index (χ3n) is 7.68. The van der Waals surface area contributed by atoms with E-state index in [1.54, 1.807) is 12.1 Å². The number of nitrogens with zero attached hydrogens (tertiary/aromatic N) is 3. The zero-order valence-electron chi connectivity index (χ0n) is 24.7. The number of carbonyl (C=O) groups excluding carboxylic acids is 1. The Morgan fingerprint density at radius 2 is 1.67 bits per heavy atom. The molecule has 1 atom stereocenters. The number of rotatable bonds is 11. The predicted molar refractivity (Wildman–Crippen MR) is 167 cm³/mol. The summed E-state index contributed by atoms with van der Waals surface area (Å²) in [6, 6.07) is 33.3. The number of aromatic nitrogens is 2. The van der Waals surface area contributed by atoms with Crippen LogP contribution in [0.1, 0.15) is 57.3 Å². The number of benzene rings is 4. The largest absolute Gasteiger partial charge is 0.489 e. The Bertz CT molecular complexity index is 1880. The number of anilines is 1. The summed E-state index contributed by atoms with van der Waals surface area (Å²) >= 11 is 0. The first-order valence-corrected chi connectivity index (χ1v) is 14.9. The quantitative estimate of drug-likeness (QED) is 0.158. The fourth-order valence-electron chi connectivity index (χ4n) is 5.14. The summed E-state index contributed by atoms with van der Waals surface area (Å²) in [5, 5.41) is 19.4. The van der Waals surface area contributed by atoms with Crippen LogP contribution in [0, 0.1) is 17.2 Å². The van der Waals surface area contributed by atoms with Gasteiger partial charge in [-0.2, -0.15) is 23.5 Å². The molecular formula is C36H30F3N5O2. The van der Waals surface area contributed by atoms with Gasteiger partial charge in [0.2, 0.25) is 0 Å². The van der Waals surface area contributed by atoms with E-state index in [1.807, 2.05) is 72.8 Å². The van der Waals surface area contributed by atoms with Gasteiger partial charge in [-0.3, -0.25) is 4.79 Å². The van der Waals surface area contributed by atoms with E-state index in [0.29, 0.717) is 24.3 Å². The molecule has 1 aromatic heterocycles. The Hall–Kier alpha value is -5.40. The van der Waals surface area contributed by atoms with Gasteiger partial charge in [0.05, 0.1) is 23.4 Å². The molecule has 1 aliphatic rings. The number of nitriles is 1. The second kappa shape index (κ2) is 13.3. The molecule has 0 aliphatic heterocycles. The van der Waals surface area contributed by atoms with Crippen molar-refractivity contribution in [3.8, 4) is 17.5 Å². The van der Waals surface area contributed by atoms with Crippen LogP contribution in [0.3, 0.4) is 0 Å². The van der Waals surface area contributed by atoms with Gasteiger partial charge in [-0.05, 0) is 84.5 Å². The van der Waals surface area contributed by atoms with Gasteiger partial charge in [0.25, 0.3) is 5.91 Å². The average molecular weight is 622 g/mol. The Kier molecular flexibility index (Phi) is 8.85. The highest BCUT2D eigenvalue weighted by Gasteiger charge is 2.36. The summed E-state index contributed by atoms with van der Waals surface area (Å²) in [5.74, 6) is 0.546. The first kappa shape index (κ1) is 30.6. The number of hydrogen-bond acceptors (Lipinski definition) is 5. The molecule has 46 heavy (non-hydrogen) atoms. The predicted octanol–water partition coefficient (Wildman–Crippen LogP) is 7.68. The van der Waals surface area contributed by atoms with Crippen molar-refractivity contribution in [1.29, 1.82) is 5.26 Å². The van der Waals surface area contributed by atoms with Crippen LogP contribution in [0.25, 0.3) is 5.69 Å². The lowest BCUT2D eigenvalue weighted by molar-refractivity contribution is -0.141. The molecular weight excluding hydrogens is 591 g/mol. The molecule has 7 nitrogen and oxygen atoms in total. The molecule has 5 aromatic rings. The van der Waals surface area contributed by atoms with Crippen LogP contribution in [0.15, 0.2) is 109 Å². The Balaban J connectivity index is 1.27. The molecule has 1 fully saturated rings. The molecule has 10 heteroatoms. The van der Waals surface area contributed by atoms with Crippen molar-refractivity contribution in [3.63, 3.8) is 0 Å². The lowest BCUT2D eigenvalue weighted by Crippen LogP contribution is -2.25. The van der Waals surface area contributed by atoms with E-state index in [4.69, 9.17) is 4.74 Å². The van der Waals surface area contributed by atoms with E-state index in [9.17, 15) is 23.2 Å². The third-order valence-corrected chi connectivity index (χ3v) is 7.68. The number of alkyl halides is 3. The minimum absolute atomic E-state index is 0.159. The molecule has 1 saturated carbocycles. The molecule has 2 N–H and O–H groups in total. The molecule has 0 spiro atoms. The average Bonchev–Trinajstić information content (AvgIpc) is 3.78. The lowest BCUT2D eigenvalue weighted by atomic mass is 9.97. The van der Waals surface area contributed by atoms with Crippen molar-refractivity contribution in [2.24, 2.45) is 5.92 Å². The Morgan fingerprint density at radius 3 is 2.41 bits per heavy atom. The summed E-state index contributed by atoms with van der Waals surface area (Å²) in [6.07, 6.45) is -2.44. The molecule has 1 aliphatic carbocycles. The van der Waals surface area contributed by atoms with E-state index in [-0.39, 0.29) is 23.0 Å². The number of amides is 1. The van der Waals surface area contributed by atoms with Crippen molar-refractivity contribution in [2.75, 3.05) is 11.9 Å². The zero-order valence-corrected chi connectivity index (χ0v) is 24.7. The summed E-state index contributed by atoms with van der Waals surface area (Å²) in [4.78, 5) is 13.5. The van der Waals surface area contributed by atoms with Crippen LogP contribution < -0.4 is 15.4 Å². The third kappa shape index (κ3) is 7.45. The monoisotopic (exact) mass is 621 g/mol. The van der Waals surface area contributed by atoms with E-state index < -0.39 is 17.8 Å². The summed E-state index contributed by atoms with van der Waals surface area (Å²) in [7, 11) is 0. The van der Waals surface area contributed by atoms with Crippen molar-refractivity contribution in [1.82, 2.24) is 15.1 Å². The van der Waals surface area contributed by atoms with Crippen molar-refractivity contribution in [2.45, 2.75) is 31.7 Å². The maximum atomic E-state index is 13.7. The molecule has 6 rings (SSSR count). The zero-order chi connectivity index (χ0) is 32.1. The van der Waals surface area contributed by atoms with Crippen LogP contribution in [0.2, 0.25) is 0 Å². The first-order chi connectivity index (χ1) is 22.3. The Morgan fingerprint density at radius 1 is 0.935 bits per heavy atom. The van der Waals surface area contributed by atoms with Gasteiger partial charge in [-0.25, -0.2) is 4.68 Å². The number of ether oxygens (including phenoxy) is 1. The highest BCUT2D eigenvalue weighted by atomic mass is 19.4. The summed E-state index contributed by atoms with van der Waals surface area (Å²) in [5.41, 5.74) is 2.15. The minimum atomic E-state index is -4.77. The van der Waals surface area contributed by atoms with Gasteiger partial charge in [0.1, 0.15) is 18.1 Å². The van der Waals surface area contributed by atoms with Crippen LogP contribution in [0.4, 0.5) is 18.9 Å². The molecule has 1 unspecified atom stereocenters. The van der Waals surface area contributed by atoms with Gasteiger partial charge < -0.3 is 15.4 Å². The summed E-state index contributed by atoms with van der Waals surface area (Å²) < 4.78 is 48.0. The molecule has 1 heterocycles. The molecule has 0 radical (unpaired) electrons. The highest BCUT2D eigenvalue weighted by Crippen LogP contribution is 2.33. The van der Waals surface area contributed by atoms with Crippen molar-refractivity contribution < 1.29 is 22.7 Å². The van der Waals surface area contributed by atoms with Crippen LogP contribution in [0.5, 0.6) is 5.75 Å². The van der Waals surface area contributed by atoms with Gasteiger partial charge in [-0.15, -0.1) is 0 Å². The Labute approximate surface area is 264 Å². The topological polar surface area (TPSA) is 92.0 Å². The maximum absolute atomic E-state index is 13.7. The number of halogens is 3. The molecule has 4 aromatic carbocycles. The highest BCUT2D eigenvalue weighted by molar-refractivity contribution is 6.03. The van der Waals surface area contributed by atoms with E-state index in [2.05, 4.69) is 15.7 Å². The fourth-order valence-corrected chi connectivity index (χ4v) is 5.14.